The number of halogens is 1. The maximum Gasteiger partial charge on any atom is 0.254 e. The van der Waals surface area contributed by atoms with Crippen LogP contribution in [0.5, 0.6) is 11.5 Å². The molecule has 0 fully saturated rings. The molecular formula is C23H23ClN2O3. The zero-order valence-corrected chi connectivity index (χ0v) is 17.2. The van der Waals surface area contributed by atoms with Gasteiger partial charge < -0.3 is 14.4 Å². The SMILES string of the molecule is CCOc1cc(C(=O)N(C)Cc2ccc(Cl)cc2)ccc1OCc1cccnc1. The van der Waals surface area contributed by atoms with Crippen LogP contribution in [0.15, 0.2) is 67.0 Å². The average molecular weight is 411 g/mol. The number of pyridine rings is 1. The number of carbonyl (C=O) groups is 1. The summed E-state index contributed by atoms with van der Waals surface area (Å²) in [7, 11) is 1.77. The van der Waals surface area contributed by atoms with Crippen LogP contribution in [0, 0.1) is 0 Å². The van der Waals surface area contributed by atoms with Crippen LogP contribution in [0.3, 0.4) is 0 Å². The standard InChI is InChI=1S/C23H23ClN2O3/c1-3-28-22-13-19(8-11-21(22)29-16-18-5-4-12-25-14-18)23(27)26(2)15-17-6-9-20(24)10-7-17/h4-14H,3,15-16H2,1-2H3. The second kappa shape index (κ2) is 9.94. The molecule has 0 atom stereocenters. The van der Waals surface area contributed by atoms with Crippen molar-refractivity contribution in [3.8, 4) is 11.5 Å². The number of amides is 1. The Balaban J connectivity index is 1.72. The zero-order chi connectivity index (χ0) is 20.6. The van der Waals surface area contributed by atoms with E-state index in [1.807, 2.05) is 43.3 Å². The van der Waals surface area contributed by atoms with Gasteiger partial charge in [0, 0.05) is 42.1 Å². The Bertz CT molecular complexity index is 946. The predicted molar refractivity (Wildman–Crippen MR) is 113 cm³/mol. The summed E-state index contributed by atoms with van der Waals surface area (Å²) in [4.78, 5) is 18.6. The van der Waals surface area contributed by atoms with Crippen LogP contribution in [0.1, 0.15) is 28.4 Å². The second-order valence-electron chi connectivity index (χ2n) is 6.53. The molecule has 1 heterocycles. The summed E-state index contributed by atoms with van der Waals surface area (Å²) in [5.74, 6) is 1.04. The fourth-order valence-corrected chi connectivity index (χ4v) is 2.96. The van der Waals surface area contributed by atoms with Crippen molar-refractivity contribution < 1.29 is 14.3 Å². The fraction of sp³-hybridized carbons (Fsp3) is 0.217. The van der Waals surface area contributed by atoms with E-state index in [0.717, 1.165) is 11.1 Å². The van der Waals surface area contributed by atoms with E-state index in [2.05, 4.69) is 4.98 Å². The lowest BCUT2D eigenvalue weighted by Crippen LogP contribution is -2.26. The minimum atomic E-state index is -0.0975. The van der Waals surface area contributed by atoms with Gasteiger partial charge in [-0.1, -0.05) is 29.8 Å². The number of rotatable bonds is 8. The highest BCUT2D eigenvalue weighted by Gasteiger charge is 2.16. The maximum absolute atomic E-state index is 12.9. The molecule has 1 aromatic heterocycles. The summed E-state index contributed by atoms with van der Waals surface area (Å²) in [5, 5.41) is 0.672. The minimum Gasteiger partial charge on any atom is -0.490 e. The molecule has 1 amide bonds. The lowest BCUT2D eigenvalue weighted by atomic mass is 10.1. The molecule has 6 heteroatoms. The van der Waals surface area contributed by atoms with Gasteiger partial charge in [0.15, 0.2) is 11.5 Å². The normalized spacial score (nSPS) is 10.4. The van der Waals surface area contributed by atoms with Gasteiger partial charge in [-0.25, -0.2) is 0 Å². The Hall–Kier alpha value is -3.05. The van der Waals surface area contributed by atoms with Crippen molar-refractivity contribution in [2.75, 3.05) is 13.7 Å². The number of benzene rings is 2. The first-order chi connectivity index (χ1) is 14.1. The summed E-state index contributed by atoms with van der Waals surface area (Å²) >= 11 is 5.92. The first-order valence-corrected chi connectivity index (χ1v) is 9.73. The summed E-state index contributed by atoms with van der Waals surface area (Å²) in [5.41, 5.74) is 2.50. The van der Waals surface area contributed by atoms with E-state index in [9.17, 15) is 4.79 Å². The van der Waals surface area contributed by atoms with E-state index < -0.39 is 0 Å². The molecule has 0 bridgehead atoms. The Morgan fingerprint density at radius 3 is 2.52 bits per heavy atom. The van der Waals surface area contributed by atoms with Crippen molar-refractivity contribution in [3.63, 3.8) is 0 Å². The summed E-state index contributed by atoms with van der Waals surface area (Å²) in [6.45, 7) is 3.23. The minimum absolute atomic E-state index is 0.0975. The van der Waals surface area contributed by atoms with E-state index in [4.69, 9.17) is 21.1 Å². The molecule has 0 radical (unpaired) electrons. The Kier molecular flexibility index (Phi) is 7.09. The van der Waals surface area contributed by atoms with Crippen LogP contribution in [-0.4, -0.2) is 29.4 Å². The lowest BCUT2D eigenvalue weighted by Gasteiger charge is -2.19. The van der Waals surface area contributed by atoms with Gasteiger partial charge in [-0.2, -0.15) is 0 Å². The number of hydrogen-bond donors (Lipinski definition) is 0. The van der Waals surface area contributed by atoms with Crippen LogP contribution < -0.4 is 9.47 Å². The van der Waals surface area contributed by atoms with Gasteiger partial charge in [0.1, 0.15) is 6.61 Å². The third kappa shape index (κ3) is 5.72. The summed E-state index contributed by atoms with van der Waals surface area (Å²) in [6.07, 6.45) is 3.47. The van der Waals surface area contributed by atoms with Crippen molar-refractivity contribution >= 4 is 17.5 Å². The van der Waals surface area contributed by atoms with Crippen LogP contribution in [0.25, 0.3) is 0 Å². The van der Waals surface area contributed by atoms with E-state index in [1.54, 1.807) is 42.5 Å². The quantitative estimate of drug-likeness (QED) is 0.525. The van der Waals surface area contributed by atoms with Crippen molar-refractivity contribution in [1.82, 2.24) is 9.88 Å². The molecule has 0 aliphatic heterocycles. The molecule has 29 heavy (non-hydrogen) atoms. The first-order valence-electron chi connectivity index (χ1n) is 9.35. The van der Waals surface area contributed by atoms with Crippen LogP contribution in [-0.2, 0) is 13.2 Å². The lowest BCUT2D eigenvalue weighted by molar-refractivity contribution is 0.0784. The van der Waals surface area contributed by atoms with E-state index in [-0.39, 0.29) is 5.91 Å². The Morgan fingerprint density at radius 2 is 1.83 bits per heavy atom. The van der Waals surface area contributed by atoms with E-state index >= 15 is 0 Å². The zero-order valence-electron chi connectivity index (χ0n) is 16.5. The second-order valence-corrected chi connectivity index (χ2v) is 6.97. The highest BCUT2D eigenvalue weighted by molar-refractivity contribution is 6.30. The van der Waals surface area contributed by atoms with E-state index in [0.29, 0.717) is 41.8 Å². The van der Waals surface area contributed by atoms with Crippen LogP contribution in [0.4, 0.5) is 0 Å². The fourth-order valence-electron chi connectivity index (χ4n) is 2.83. The van der Waals surface area contributed by atoms with Gasteiger partial charge in [-0.15, -0.1) is 0 Å². The van der Waals surface area contributed by atoms with Gasteiger partial charge in [0.2, 0.25) is 0 Å². The van der Waals surface area contributed by atoms with E-state index in [1.165, 1.54) is 0 Å². The van der Waals surface area contributed by atoms with Crippen molar-refractivity contribution in [3.05, 3.63) is 88.7 Å². The van der Waals surface area contributed by atoms with Gasteiger partial charge >= 0.3 is 0 Å². The maximum atomic E-state index is 12.9. The molecule has 0 saturated carbocycles. The molecule has 3 aromatic rings. The number of ether oxygens (including phenoxy) is 2. The van der Waals surface area contributed by atoms with Crippen LogP contribution >= 0.6 is 11.6 Å². The Morgan fingerprint density at radius 1 is 1.03 bits per heavy atom. The molecular weight excluding hydrogens is 388 g/mol. The summed E-state index contributed by atoms with van der Waals surface area (Å²) < 4.78 is 11.6. The molecule has 0 unspecified atom stereocenters. The molecule has 0 saturated heterocycles. The predicted octanol–water partition coefficient (Wildman–Crippen LogP) is 4.98. The number of nitrogens with zero attached hydrogens (tertiary/aromatic N) is 2. The molecule has 5 nitrogen and oxygen atoms in total. The topological polar surface area (TPSA) is 51.7 Å². The molecule has 0 N–H and O–H groups in total. The average Bonchev–Trinajstić information content (AvgIpc) is 2.75. The third-order valence-corrected chi connectivity index (χ3v) is 4.54. The molecule has 0 aliphatic carbocycles. The van der Waals surface area contributed by atoms with Gasteiger partial charge in [-0.3, -0.25) is 9.78 Å². The third-order valence-electron chi connectivity index (χ3n) is 4.29. The van der Waals surface area contributed by atoms with Crippen molar-refractivity contribution in [1.29, 1.82) is 0 Å². The number of carbonyl (C=O) groups excluding carboxylic acids is 1. The van der Waals surface area contributed by atoms with Gasteiger partial charge in [-0.05, 0) is 48.9 Å². The number of hydrogen-bond acceptors (Lipinski definition) is 4. The monoisotopic (exact) mass is 410 g/mol. The number of aromatic nitrogens is 1. The molecule has 3 rings (SSSR count). The van der Waals surface area contributed by atoms with Crippen LogP contribution in [0.2, 0.25) is 5.02 Å². The van der Waals surface area contributed by atoms with Crippen molar-refractivity contribution in [2.24, 2.45) is 0 Å². The van der Waals surface area contributed by atoms with Gasteiger partial charge in [0.25, 0.3) is 5.91 Å². The van der Waals surface area contributed by atoms with Crippen molar-refractivity contribution in [2.45, 2.75) is 20.1 Å². The summed E-state index contributed by atoms with van der Waals surface area (Å²) in [6, 6.07) is 16.5. The molecule has 0 aliphatic rings. The molecule has 150 valence electrons. The smallest absolute Gasteiger partial charge is 0.254 e. The largest absolute Gasteiger partial charge is 0.490 e. The molecule has 0 spiro atoms. The first kappa shape index (κ1) is 20.7. The Labute approximate surface area is 175 Å². The molecule has 2 aromatic carbocycles. The highest BCUT2D eigenvalue weighted by Crippen LogP contribution is 2.30. The highest BCUT2D eigenvalue weighted by atomic mass is 35.5. The van der Waals surface area contributed by atoms with Gasteiger partial charge in [0.05, 0.1) is 6.61 Å².